The first kappa shape index (κ1) is 9.71. The zero-order valence-electron chi connectivity index (χ0n) is 8.97. The summed E-state index contributed by atoms with van der Waals surface area (Å²) >= 11 is 0. The van der Waals surface area contributed by atoms with E-state index in [1.807, 2.05) is 6.92 Å². The standard InChI is InChI=1S/C11H8N4O2/c1-6-2-3-8-10(12-6)15-9(13-11(8)17)4-7(5-16)14-15/h2-5H,1H3,(H,13,17). The predicted octanol–water partition coefficient (Wildman–Crippen LogP) is 0.692. The van der Waals surface area contributed by atoms with Crippen molar-refractivity contribution in [3.05, 3.63) is 39.9 Å². The van der Waals surface area contributed by atoms with E-state index in [1.54, 1.807) is 12.1 Å². The van der Waals surface area contributed by atoms with Crippen molar-refractivity contribution in [3.63, 3.8) is 0 Å². The number of hydrogen-bond donors (Lipinski definition) is 1. The van der Waals surface area contributed by atoms with Gasteiger partial charge in [-0.1, -0.05) is 0 Å². The number of nitrogens with one attached hydrogen (secondary N) is 1. The molecule has 84 valence electrons. The zero-order chi connectivity index (χ0) is 12.0. The minimum Gasteiger partial charge on any atom is -0.306 e. The molecule has 0 fully saturated rings. The molecule has 0 saturated heterocycles. The van der Waals surface area contributed by atoms with Crippen molar-refractivity contribution in [2.24, 2.45) is 0 Å². The van der Waals surface area contributed by atoms with E-state index in [1.165, 1.54) is 10.6 Å². The van der Waals surface area contributed by atoms with E-state index in [0.29, 0.717) is 23.0 Å². The average Bonchev–Trinajstić information content (AvgIpc) is 2.72. The van der Waals surface area contributed by atoms with Crippen molar-refractivity contribution >= 4 is 23.0 Å². The maximum absolute atomic E-state index is 11.8. The Hall–Kier alpha value is -2.50. The van der Waals surface area contributed by atoms with Gasteiger partial charge in [-0.15, -0.1) is 0 Å². The largest absolute Gasteiger partial charge is 0.306 e. The molecule has 3 aromatic rings. The van der Waals surface area contributed by atoms with Crippen LogP contribution in [0.5, 0.6) is 0 Å². The fourth-order valence-electron chi connectivity index (χ4n) is 1.77. The van der Waals surface area contributed by atoms with E-state index in [9.17, 15) is 9.59 Å². The third kappa shape index (κ3) is 1.34. The summed E-state index contributed by atoms with van der Waals surface area (Å²) in [5, 5.41) is 4.51. The summed E-state index contributed by atoms with van der Waals surface area (Å²) in [4.78, 5) is 29.4. The van der Waals surface area contributed by atoms with E-state index in [-0.39, 0.29) is 11.3 Å². The number of pyridine rings is 1. The Morgan fingerprint density at radius 2 is 2.24 bits per heavy atom. The summed E-state index contributed by atoms with van der Waals surface area (Å²) in [5.41, 5.74) is 1.72. The third-order valence-electron chi connectivity index (χ3n) is 2.55. The fourth-order valence-corrected chi connectivity index (χ4v) is 1.77. The Bertz CT molecular complexity index is 800. The molecule has 0 radical (unpaired) electrons. The molecule has 0 aliphatic carbocycles. The van der Waals surface area contributed by atoms with Crippen LogP contribution >= 0.6 is 0 Å². The van der Waals surface area contributed by atoms with Gasteiger partial charge in [0.05, 0.1) is 5.39 Å². The van der Waals surface area contributed by atoms with E-state index in [4.69, 9.17) is 0 Å². The molecule has 1 N–H and O–H groups in total. The maximum Gasteiger partial charge on any atom is 0.260 e. The highest BCUT2D eigenvalue weighted by Crippen LogP contribution is 2.10. The molecule has 0 unspecified atom stereocenters. The molecule has 0 amide bonds. The molecule has 6 heteroatoms. The number of rotatable bonds is 1. The SMILES string of the molecule is Cc1ccc2c(=O)[nH]c3cc(C=O)nn3c2n1. The summed E-state index contributed by atoms with van der Waals surface area (Å²) in [6.45, 7) is 1.83. The molecular formula is C11H8N4O2. The molecule has 0 aromatic carbocycles. The third-order valence-corrected chi connectivity index (χ3v) is 2.55. The van der Waals surface area contributed by atoms with Crippen molar-refractivity contribution in [3.8, 4) is 0 Å². The molecule has 3 heterocycles. The van der Waals surface area contributed by atoms with Crippen molar-refractivity contribution in [2.45, 2.75) is 6.92 Å². The Morgan fingerprint density at radius 3 is 3.00 bits per heavy atom. The molecule has 17 heavy (non-hydrogen) atoms. The van der Waals surface area contributed by atoms with Gasteiger partial charge in [0.2, 0.25) is 0 Å². The Kier molecular flexibility index (Phi) is 1.85. The van der Waals surface area contributed by atoms with Crippen molar-refractivity contribution < 1.29 is 4.79 Å². The van der Waals surface area contributed by atoms with Gasteiger partial charge in [-0.3, -0.25) is 9.59 Å². The number of hydrogen-bond acceptors (Lipinski definition) is 4. The van der Waals surface area contributed by atoms with Crippen LogP contribution < -0.4 is 5.56 Å². The predicted molar refractivity (Wildman–Crippen MR) is 61.2 cm³/mol. The molecule has 0 atom stereocenters. The molecule has 3 aromatic heterocycles. The van der Waals surface area contributed by atoms with Gasteiger partial charge in [-0.25, -0.2) is 4.98 Å². The lowest BCUT2D eigenvalue weighted by Gasteiger charge is -2.00. The second kappa shape index (κ2) is 3.24. The Balaban J connectivity index is 2.60. The average molecular weight is 228 g/mol. The van der Waals surface area contributed by atoms with Crippen LogP contribution in [0.1, 0.15) is 16.2 Å². The number of H-pyrrole nitrogens is 1. The summed E-state index contributed by atoms with van der Waals surface area (Å²) < 4.78 is 1.47. The summed E-state index contributed by atoms with van der Waals surface area (Å²) in [6, 6.07) is 4.96. The van der Waals surface area contributed by atoms with Crippen LogP contribution in [-0.2, 0) is 0 Å². The van der Waals surface area contributed by atoms with Crippen LogP contribution in [0.3, 0.4) is 0 Å². The first-order chi connectivity index (χ1) is 8.19. The van der Waals surface area contributed by atoms with Gasteiger partial charge in [-0.2, -0.15) is 9.61 Å². The minimum absolute atomic E-state index is 0.239. The van der Waals surface area contributed by atoms with Crippen LogP contribution in [0.15, 0.2) is 23.0 Å². The van der Waals surface area contributed by atoms with Crippen molar-refractivity contribution in [2.75, 3.05) is 0 Å². The molecular weight excluding hydrogens is 220 g/mol. The van der Waals surface area contributed by atoms with E-state index < -0.39 is 0 Å². The number of nitrogens with zero attached hydrogens (tertiary/aromatic N) is 3. The van der Waals surface area contributed by atoms with Gasteiger partial charge in [-0.05, 0) is 19.1 Å². The summed E-state index contributed by atoms with van der Waals surface area (Å²) in [7, 11) is 0. The van der Waals surface area contributed by atoms with Crippen LogP contribution in [0.2, 0.25) is 0 Å². The Labute approximate surface area is 94.9 Å². The minimum atomic E-state index is -0.239. The second-order valence-electron chi connectivity index (χ2n) is 3.76. The number of aromatic amines is 1. The molecule has 0 saturated carbocycles. The van der Waals surface area contributed by atoms with E-state index in [0.717, 1.165) is 5.69 Å². The summed E-state index contributed by atoms with van der Waals surface area (Å²) in [5.74, 6) is 0. The van der Waals surface area contributed by atoms with Gasteiger partial charge in [0, 0.05) is 11.8 Å². The van der Waals surface area contributed by atoms with Crippen LogP contribution in [0.25, 0.3) is 16.7 Å². The number of aromatic nitrogens is 4. The molecule has 6 nitrogen and oxygen atoms in total. The maximum atomic E-state index is 11.8. The lowest BCUT2D eigenvalue weighted by molar-refractivity contribution is 0.111. The van der Waals surface area contributed by atoms with E-state index >= 15 is 0 Å². The number of fused-ring (bicyclic) bond motifs is 3. The number of aldehydes is 1. The van der Waals surface area contributed by atoms with Gasteiger partial charge in [0.15, 0.2) is 11.9 Å². The lowest BCUT2D eigenvalue weighted by atomic mass is 10.3. The van der Waals surface area contributed by atoms with Crippen LogP contribution in [0, 0.1) is 6.92 Å². The smallest absolute Gasteiger partial charge is 0.260 e. The molecule has 0 bridgehead atoms. The molecule has 0 aliphatic heterocycles. The van der Waals surface area contributed by atoms with Crippen LogP contribution in [-0.4, -0.2) is 25.9 Å². The van der Waals surface area contributed by atoms with Gasteiger partial charge in [0.1, 0.15) is 11.3 Å². The monoisotopic (exact) mass is 228 g/mol. The van der Waals surface area contributed by atoms with Crippen molar-refractivity contribution in [1.29, 1.82) is 0 Å². The lowest BCUT2D eigenvalue weighted by Crippen LogP contribution is -2.11. The highest BCUT2D eigenvalue weighted by Gasteiger charge is 2.09. The highest BCUT2D eigenvalue weighted by molar-refractivity contribution is 5.79. The molecule has 0 spiro atoms. The topological polar surface area (TPSA) is 80.1 Å². The first-order valence-corrected chi connectivity index (χ1v) is 5.03. The Morgan fingerprint density at radius 1 is 1.41 bits per heavy atom. The van der Waals surface area contributed by atoms with Crippen LogP contribution in [0.4, 0.5) is 0 Å². The summed E-state index contributed by atoms with van der Waals surface area (Å²) in [6.07, 6.45) is 0.632. The molecule has 3 rings (SSSR count). The van der Waals surface area contributed by atoms with Gasteiger partial charge < -0.3 is 4.98 Å². The molecule has 0 aliphatic rings. The normalized spacial score (nSPS) is 11.1. The van der Waals surface area contributed by atoms with Crippen molar-refractivity contribution in [1.82, 2.24) is 19.6 Å². The van der Waals surface area contributed by atoms with Gasteiger partial charge in [0.25, 0.3) is 5.56 Å². The van der Waals surface area contributed by atoms with Gasteiger partial charge >= 0.3 is 0 Å². The second-order valence-corrected chi connectivity index (χ2v) is 3.76. The highest BCUT2D eigenvalue weighted by atomic mass is 16.1. The van der Waals surface area contributed by atoms with E-state index in [2.05, 4.69) is 15.1 Å². The quantitative estimate of drug-likeness (QED) is 0.621. The first-order valence-electron chi connectivity index (χ1n) is 5.03. The number of aryl methyl sites for hydroxylation is 1. The zero-order valence-corrected chi connectivity index (χ0v) is 8.97. The fraction of sp³-hybridized carbons (Fsp3) is 0.0909. The number of carbonyl (C=O) groups excluding carboxylic acids is 1. The number of carbonyl (C=O) groups is 1.